The third-order valence-electron chi connectivity index (χ3n) is 2.42. The van der Waals surface area contributed by atoms with Crippen LogP contribution < -0.4 is 5.73 Å². The molecular weight excluding hydrogens is 194 g/mol. The van der Waals surface area contributed by atoms with Gasteiger partial charge < -0.3 is 19.9 Å². The van der Waals surface area contributed by atoms with E-state index in [1.807, 2.05) is 0 Å². The molecule has 13 heavy (non-hydrogen) atoms. The molecule has 1 rings (SSSR count). The molecule has 1 aliphatic rings. The Morgan fingerprint density at radius 2 is 1.62 bits per heavy atom. The quantitative estimate of drug-likeness (QED) is 0.690. The van der Waals surface area contributed by atoms with Crippen molar-refractivity contribution in [2.75, 3.05) is 27.9 Å². The predicted octanol–water partition coefficient (Wildman–Crippen LogP) is 0.535. The number of halogens is 1. The minimum Gasteiger partial charge on any atom is -0.383 e. The zero-order valence-electron chi connectivity index (χ0n) is 8.33. The van der Waals surface area contributed by atoms with Crippen molar-refractivity contribution in [3.05, 3.63) is 0 Å². The van der Waals surface area contributed by atoms with E-state index in [1.54, 1.807) is 21.3 Å². The first-order valence-electron chi connectivity index (χ1n) is 3.98. The molecule has 0 aliphatic heterocycles. The highest BCUT2D eigenvalue weighted by atomic mass is 35.5. The first-order valence-corrected chi connectivity index (χ1v) is 3.98. The van der Waals surface area contributed by atoms with Gasteiger partial charge in [0.15, 0.2) is 5.79 Å². The molecule has 1 fully saturated rings. The molecule has 5 heteroatoms. The Morgan fingerprint density at radius 1 is 1.15 bits per heavy atom. The van der Waals surface area contributed by atoms with Gasteiger partial charge in [0, 0.05) is 39.7 Å². The summed E-state index contributed by atoms with van der Waals surface area (Å²) in [5.41, 5.74) is 5.69. The Labute approximate surface area is 85.1 Å². The highest BCUT2D eigenvalue weighted by molar-refractivity contribution is 5.85. The first kappa shape index (κ1) is 13.1. The summed E-state index contributed by atoms with van der Waals surface area (Å²) in [4.78, 5) is 0. The molecule has 0 unspecified atom stereocenters. The maximum atomic E-state index is 5.96. The van der Waals surface area contributed by atoms with E-state index in [4.69, 9.17) is 19.9 Å². The normalized spacial score (nSPS) is 23.1. The minimum atomic E-state index is -0.465. The zero-order chi connectivity index (χ0) is 9.24. The molecular formula is C8H18ClNO3. The van der Waals surface area contributed by atoms with Gasteiger partial charge in [-0.2, -0.15) is 0 Å². The molecule has 0 radical (unpaired) electrons. The van der Waals surface area contributed by atoms with Crippen molar-refractivity contribution in [3.8, 4) is 0 Å². The standard InChI is InChI=1S/C8H17NO3.ClH/c1-10-6-7(9)4-8(5-7,11-2)12-3;/h4-6,9H2,1-3H3;1H. The van der Waals surface area contributed by atoms with Crippen LogP contribution in [0.1, 0.15) is 12.8 Å². The van der Waals surface area contributed by atoms with Crippen LogP contribution in [-0.4, -0.2) is 39.3 Å². The molecule has 1 aliphatic carbocycles. The highest BCUT2D eigenvalue weighted by Gasteiger charge is 2.53. The molecule has 0 aromatic carbocycles. The van der Waals surface area contributed by atoms with E-state index in [9.17, 15) is 0 Å². The molecule has 0 amide bonds. The Morgan fingerprint density at radius 3 is 1.92 bits per heavy atom. The SMILES string of the molecule is COCC1(N)CC(OC)(OC)C1.Cl. The fraction of sp³-hybridized carbons (Fsp3) is 1.00. The molecule has 1 saturated carbocycles. The van der Waals surface area contributed by atoms with Gasteiger partial charge in [-0.25, -0.2) is 0 Å². The van der Waals surface area contributed by atoms with Crippen LogP contribution in [0, 0.1) is 0 Å². The first-order chi connectivity index (χ1) is 5.60. The number of hydrogen-bond acceptors (Lipinski definition) is 4. The molecule has 0 heterocycles. The van der Waals surface area contributed by atoms with Gasteiger partial charge in [0.1, 0.15) is 0 Å². The molecule has 0 aromatic heterocycles. The van der Waals surface area contributed by atoms with Crippen LogP contribution in [0.2, 0.25) is 0 Å². The van der Waals surface area contributed by atoms with Gasteiger partial charge in [-0.1, -0.05) is 0 Å². The molecule has 0 bridgehead atoms. The van der Waals surface area contributed by atoms with Crippen LogP contribution in [0.25, 0.3) is 0 Å². The van der Waals surface area contributed by atoms with Crippen molar-refractivity contribution in [1.29, 1.82) is 0 Å². The zero-order valence-corrected chi connectivity index (χ0v) is 9.15. The van der Waals surface area contributed by atoms with E-state index >= 15 is 0 Å². The van der Waals surface area contributed by atoms with Crippen molar-refractivity contribution in [3.63, 3.8) is 0 Å². The van der Waals surface area contributed by atoms with Gasteiger partial charge in [0.25, 0.3) is 0 Å². The lowest BCUT2D eigenvalue weighted by atomic mass is 9.72. The summed E-state index contributed by atoms with van der Waals surface area (Å²) in [5, 5.41) is 0. The van der Waals surface area contributed by atoms with Crippen LogP contribution in [0.4, 0.5) is 0 Å². The van der Waals surface area contributed by atoms with Crippen LogP contribution in [0.5, 0.6) is 0 Å². The minimum absolute atomic E-state index is 0. The Hall–Kier alpha value is 0.130. The number of ether oxygens (including phenoxy) is 3. The van der Waals surface area contributed by atoms with E-state index in [0.29, 0.717) is 19.4 Å². The summed E-state index contributed by atoms with van der Waals surface area (Å²) < 4.78 is 15.4. The topological polar surface area (TPSA) is 53.7 Å². The molecule has 2 N–H and O–H groups in total. The summed E-state index contributed by atoms with van der Waals surface area (Å²) >= 11 is 0. The van der Waals surface area contributed by atoms with Gasteiger partial charge in [0.05, 0.1) is 6.61 Å². The Bertz CT molecular complexity index is 153. The van der Waals surface area contributed by atoms with Crippen LogP contribution in [-0.2, 0) is 14.2 Å². The molecule has 80 valence electrons. The third-order valence-corrected chi connectivity index (χ3v) is 2.42. The smallest absolute Gasteiger partial charge is 0.171 e. The summed E-state index contributed by atoms with van der Waals surface area (Å²) in [5.74, 6) is -0.465. The monoisotopic (exact) mass is 211 g/mol. The second-order valence-electron chi connectivity index (χ2n) is 3.47. The summed E-state index contributed by atoms with van der Waals surface area (Å²) in [7, 11) is 4.92. The molecule has 4 nitrogen and oxygen atoms in total. The fourth-order valence-electron chi connectivity index (χ4n) is 1.78. The second kappa shape index (κ2) is 4.57. The fourth-order valence-corrected chi connectivity index (χ4v) is 1.78. The van der Waals surface area contributed by atoms with E-state index < -0.39 is 5.79 Å². The number of hydrogen-bond donors (Lipinski definition) is 1. The lowest BCUT2D eigenvalue weighted by Crippen LogP contribution is -2.65. The van der Waals surface area contributed by atoms with Crippen molar-refractivity contribution >= 4 is 12.4 Å². The molecule has 0 atom stereocenters. The second-order valence-corrected chi connectivity index (χ2v) is 3.47. The van der Waals surface area contributed by atoms with Crippen LogP contribution >= 0.6 is 12.4 Å². The van der Waals surface area contributed by atoms with Crippen molar-refractivity contribution in [2.24, 2.45) is 5.73 Å². The van der Waals surface area contributed by atoms with Crippen molar-refractivity contribution in [2.45, 2.75) is 24.2 Å². The van der Waals surface area contributed by atoms with Gasteiger partial charge >= 0.3 is 0 Å². The molecule has 0 aromatic rings. The largest absolute Gasteiger partial charge is 0.383 e. The maximum absolute atomic E-state index is 5.96. The van der Waals surface area contributed by atoms with Crippen molar-refractivity contribution < 1.29 is 14.2 Å². The number of rotatable bonds is 4. The van der Waals surface area contributed by atoms with E-state index in [-0.39, 0.29) is 17.9 Å². The van der Waals surface area contributed by atoms with Gasteiger partial charge in [0.2, 0.25) is 0 Å². The lowest BCUT2D eigenvalue weighted by molar-refractivity contribution is -0.280. The maximum Gasteiger partial charge on any atom is 0.171 e. The van der Waals surface area contributed by atoms with Crippen LogP contribution in [0.15, 0.2) is 0 Å². The van der Waals surface area contributed by atoms with Gasteiger partial charge in [-0.15, -0.1) is 12.4 Å². The van der Waals surface area contributed by atoms with Crippen molar-refractivity contribution in [1.82, 2.24) is 0 Å². The predicted molar refractivity (Wildman–Crippen MR) is 52.0 cm³/mol. The van der Waals surface area contributed by atoms with Gasteiger partial charge in [-0.05, 0) is 0 Å². The highest BCUT2D eigenvalue weighted by Crippen LogP contribution is 2.42. The molecule has 0 saturated heterocycles. The van der Waals surface area contributed by atoms with Gasteiger partial charge in [-0.3, -0.25) is 0 Å². The average Bonchev–Trinajstić information content (AvgIpc) is 2.00. The number of methoxy groups -OCH3 is 3. The summed E-state index contributed by atoms with van der Waals surface area (Å²) in [6.45, 7) is 0.557. The summed E-state index contributed by atoms with van der Waals surface area (Å²) in [6, 6.07) is 0. The van der Waals surface area contributed by atoms with E-state index in [2.05, 4.69) is 0 Å². The van der Waals surface area contributed by atoms with Crippen LogP contribution in [0.3, 0.4) is 0 Å². The lowest BCUT2D eigenvalue weighted by Gasteiger charge is -2.51. The van der Waals surface area contributed by atoms with E-state index in [1.165, 1.54) is 0 Å². The number of nitrogens with two attached hydrogens (primary N) is 1. The Balaban J connectivity index is 0.00000144. The third kappa shape index (κ3) is 2.54. The summed E-state index contributed by atoms with van der Waals surface area (Å²) in [6.07, 6.45) is 1.39. The Kier molecular flexibility index (Phi) is 4.62. The average molecular weight is 212 g/mol. The van der Waals surface area contributed by atoms with E-state index in [0.717, 1.165) is 0 Å². The molecule has 0 spiro atoms.